The fraction of sp³-hybridized carbons (Fsp3) is 0.300. The van der Waals surface area contributed by atoms with Gasteiger partial charge in [0.05, 0.1) is 12.6 Å². The Morgan fingerprint density at radius 2 is 1.68 bits per heavy atom. The first-order chi connectivity index (χ1) is 12.2. The van der Waals surface area contributed by atoms with Crippen LogP contribution in [0, 0.1) is 0 Å². The molecule has 0 aliphatic heterocycles. The number of aliphatic hydroxyl groups is 1. The SMILES string of the molecule is N[C@@H]1C[C@H](c2nc(-c3ccccc3)nn2Cc2ccccc2)C[C@H]1O. The molecule has 0 spiro atoms. The molecule has 3 atom stereocenters. The second-order valence-electron chi connectivity index (χ2n) is 6.70. The van der Waals surface area contributed by atoms with Gasteiger partial charge in [0.15, 0.2) is 5.82 Å². The highest BCUT2D eigenvalue weighted by Crippen LogP contribution is 2.34. The van der Waals surface area contributed by atoms with E-state index in [1.54, 1.807) is 0 Å². The second-order valence-corrected chi connectivity index (χ2v) is 6.70. The Kier molecular flexibility index (Phi) is 4.34. The van der Waals surface area contributed by atoms with Gasteiger partial charge in [0, 0.05) is 17.5 Å². The van der Waals surface area contributed by atoms with Gasteiger partial charge in [-0.2, -0.15) is 5.10 Å². The van der Waals surface area contributed by atoms with Gasteiger partial charge in [-0.1, -0.05) is 60.7 Å². The number of hydrogen-bond acceptors (Lipinski definition) is 4. The Hall–Kier alpha value is -2.50. The van der Waals surface area contributed by atoms with Crippen molar-refractivity contribution in [2.75, 3.05) is 0 Å². The standard InChI is InChI=1S/C20H22N4O/c21-17-11-16(12-18(17)25)20-22-19(15-9-5-2-6-10-15)23-24(20)13-14-7-3-1-4-8-14/h1-10,16-18,25H,11-13,21H2/t16-,17+,18+/m0/s1. The lowest BCUT2D eigenvalue weighted by Gasteiger charge is -2.11. The first-order valence-electron chi connectivity index (χ1n) is 8.68. The largest absolute Gasteiger partial charge is 0.391 e. The van der Waals surface area contributed by atoms with Crippen molar-refractivity contribution in [2.24, 2.45) is 5.73 Å². The minimum absolute atomic E-state index is 0.138. The van der Waals surface area contributed by atoms with Crippen LogP contribution in [0.3, 0.4) is 0 Å². The Balaban J connectivity index is 1.71. The van der Waals surface area contributed by atoms with Crippen molar-refractivity contribution in [2.45, 2.75) is 37.5 Å². The maximum absolute atomic E-state index is 10.1. The Morgan fingerprint density at radius 1 is 1.00 bits per heavy atom. The van der Waals surface area contributed by atoms with Gasteiger partial charge < -0.3 is 10.8 Å². The van der Waals surface area contributed by atoms with Crippen LogP contribution in [0.2, 0.25) is 0 Å². The average molecular weight is 334 g/mol. The highest BCUT2D eigenvalue weighted by Gasteiger charge is 2.34. The van der Waals surface area contributed by atoms with E-state index in [0.29, 0.717) is 13.0 Å². The van der Waals surface area contributed by atoms with E-state index in [2.05, 4.69) is 12.1 Å². The lowest BCUT2D eigenvalue weighted by atomic mass is 10.1. The number of aliphatic hydroxyl groups excluding tert-OH is 1. The molecule has 3 N–H and O–H groups in total. The lowest BCUT2D eigenvalue weighted by molar-refractivity contribution is 0.163. The molecule has 1 aromatic heterocycles. The molecule has 4 rings (SSSR count). The zero-order chi connectivity index (χ0) is 17.2. The fourth-order valence-corrected chi connectivity index (χ4v) is 3.50. The van der Waals surface area contributed by atoms with E-state index in [-0.39, 0.29) is 12.0 Å². The van der Waals surface area contributed by atoms with Crippen molar-refractivity contribution in [3.05, 3.63) is 72.1 Å². The number of nitrogens with zero attached hydrogens (tertiary/aromatic N) is 3. The van der Waals surface area contributed by atoms with Crippen LogP contribution in [0.15, 0.2) is 60.7 Å². The van der Waals surface area contributed by atoms with Gasteiger partial charge in [0.1, 0.15) is 5.82 Å². The number of benzene rings is 2. The summed E-state index contributed by atoms with van der Waals surface area (Å²) in [6.45, 7) is 0.665. The van der Waals surface area contributed by atoms with Crippen LogP contribution >= 0.6 is 0 Å². The molecule has 0 saturated heterocycles. The van der Waals surface area contributed by atoms with Crippen molar-refractivity contribution in [3.63, 3.8) is 0 Å². The topological polar surface area (TPSA) is 77.0 Å². The van der Waals surface area contributed by atoms with Crippen LogP contribution < -0.4 is 5.73 Å². The number of nitrogens with two attached hydrogens (primary N) is 1. The van der Waals surface area contributed by atoms with Crippen molar-refractivity contribution in [1.29, 1.82) is 0 Å². The molecule has 128 valence electrons. The van der Waals surface area contributed by atoms with E-state index in [0.717, 1.165) is 23.6 Å². The van der Waals surface area contributed by atoms with Crippen LogP contribution in [0.5, 0.6) is 0 Å². The predicted octanol–water partition coefficient (Wildman–Crippen LogP) is 2.56. The maximum atomic E-state index is 10.1. The molecule has 1 aliphatic rings. The quantitative estimate of drug-likeness (QED) is 0.769. The summed E-state index contributed by atoms with van der Waals surface area (Å²) in [6.07, 6.45) is 0.915. The molecule has 1 aliphatic carbocycles. The molecular weight excluding hydrogens is 312 g/mol. The van der Waals surface area contributed by atoms with Gasteiger partial charge in [-0.15, -0.1) is 0 Å². The van der Waals surface area contributed by atoms with Gasteiger partial charge in [0.2, 0.25) is 0 Å². The third-order valence-electron chi connectivity index (χ3n) is 4.85. The summed E-state index contributed by atoms with van der Waals surface area (Å²) >= 11 is 0. The number of hydrogen-bond donors (Lipinski definition) is 2. The summed E-state index contributed by atoms with van der Waals surface area (Å²) < 4.78 is 1.97. The first-order valence-corrected chi connectivity index (χ1v) is 8.68. The monoisotopic (exact) mass is 334 g/mol. The third kappa shape index (κ3) is 3.34. The van der Waals surface area contributed by atoms with Crippen LogP contribution in [0.4, 0.5) is 0 Å². The van der Waals surface area contributed by atoms with Gasteiger partial charge in [0.25, 0.3) is 0 Å². The summed E-state index contributed by atoms with van der Waals surface area (Å²) in [5, 5.41) is 14.8. The van der Waals surface area contributed by atoms with Crippen molar-refractivity contribution in [3.8, 4) is 11.4 Å². The van der Waals surface area contributed by atoms with Gasteiger partial charge in [-0.05, 0) is 18.4 Å². The maximum Gasteiger partial charge on any atom is 0.181 e. The van der Waals surface area contributed by atoms with E-state index < -0.39 is 6.10 Å². The van der Waals surface area contributed by atoms with E-state index >= 15 is 0 Å². The van der Waals surface area contributed by atoms with Crippen molar-refractivity contribution < 1.29 is 5.11 Å². The molecule has 5 nitrogen and oxygen atoms in total. The van der Waals surface area contributed by atoms with Gasteiger partial charge in [-0.25, -0.2) is 9.67 Å². The van der Waals surface area contributed by atoms with Gasteiger partial charge >= 0.3 is 0 Å². The van der Waals surface area contributed by atoms with Crippen LogP contribution in [0.25, 0.3) is 11.4 Å². The second kappa shape index (κ2) is 6.78. The Labute approximate surface area is 147 Å². The summed E-state index contributed by atoms with van der Waals surface area (Å²) in [4.78, 5) is 4.81. The third-order valence-corrected chi connectivity index (χ3v) is 4.85. The fourth-order valence-electron chi connectivity index (χ4n) is 3.50. The zero-order valence-corrected chi connectivity index (χ0v) is 14.0. The molecule has 0 unspecified atom stereocenters. The Bertz CT molecular complexity index is 821. The molecule has 0 bridgehead atoms. The van der Waals surface area contributed by atoms with Crippen molar-refractivity contribution in [1.82, 2.24) is 14.8 Å². The van der Waals surface area contributed by atoms with E-state index in [1.807, 2.05) is 53.2 Å². The first kappa shape index (κ1) is 16.0. The van der Waals surface area contributed by atoms with Crippen molar-refractivity contribution >= 4 is 0 Å². The normalized spacial score (nSPS) is 23.0. The predicted molar refractivity (Wildman–Crippen MR) is 97.0 cm³/mol. The number of rotatable bonds is 4. The Morgan fingerprint density at radius 3 is 2.32 bits per heavy atom. The molecule has 1 saturated carbocycles. The van der Waals surface area contributed by atoms with Crippen LogP contribution in [0.1, 0.15) is 30.1 Å². The minimum atomic E-state index is -0.466. The zero-order valence-electron chi connectivity index (χ0n) is 14.0. The molecule has 3 aromatic rings. The van der Waals surface area contributed by atoms with Crippen LogP contribution in [-0.4, -0.2) is 32.0 Å². The molecule has 1 heterocycles. The molecule has 5 heteroatoms. The molecule has 0 amide bonds. The molecular formula is C20H22N4O. The lowest BCUT2D eigenvalue weighted by Crippen LogP contribution is -2.28. The van der Waals surface area contributed by atoms with Crippen LogP contribution in [-0.2, 0) is 6.54 Å². The highest BCUT2D eigenvalue weighted by molar-refractivity contribution is 5.54. The summed E-state index contributed by atoms with van der Waals surface area (Å²) in [5.41, 5.74) is 8.19. The molecule has 1 fully saturated rings. The molecule has 2 aromatic carbocycles. The van der Waals surface area contributed by atoms with E-state index in [1.165, 1.54) is 5.56 Å². The summed E-state index contributed by atoms with van der Waals surface area (Å²) in [6, 6.07) is 20.0. The minimum Gasteiger partial charge on any atom is -0.391 e. The molecule has 25 heavy (non-hydrogen) atoms. The average Bonchev–Trinajstić information content (AvgIpc) is 3.20. The summed E-state index contributed by atoms with van der Waals surface area (Å²) in [5.74, 6) is 1.77. The smallest absolute Gasteiger partial charge is 0.181 e. The van der Waals surface area contributed by atoms with Gasteiger partial charge in [-0.3, -0.25) is 0 Å². The number of aromatic nitrogens is 3. The molecule has 0 radical (unpaired) electrons. The highest BCUT2D eigenvalue weighted by atomic mass is 16.3. The van der Waals surface area contributed by atoms with E-state index in [4.69, 9.17) is 15.8 Å². The summed E-state index contributed by atoms with van der Waals surface area (Å²) in [7, 11) is 0. The van der Waals surface area contributed by atoms with E-state index in [9.17, 15) is 5.11 Å².